The first-order valence-corrected chi connectivity index (χ1v) is 16.5. The lowest BCUT2D eigenvalue weighted by molar-refractivity contribution is -0.140. The number of carboxylic acid groups (broad SMARTS) is 1. The topological polar surface area (TPSA) is 233 Å². The van der Waals surface area contributed by atoms with Crippen LogP contribution < -0.4 is 11.5 Å². The van der Waals surface area contributed by atoms with Crippen LogP contribution in [0, 0.1) is 23.0 Å². The van der Waals surface area contributed by atoms with Crippen molar-refractivity contribution in [2.45, 2.75) is 50.3 Å². The van der Waals surface area contributed by atoms with Gasteiger partial charge in [-0.1, -0.05) is 31.5 Å². The van der Waals surface area contributed by atoms with Gasteiger partial charge in [-0.15, -0.1) is 11.3 Å². The van der Waals surface area contributed by atoms with E-state index in [9.17, 15) is 23.5 Å². The Kier molecular flexibility index (Phi) is 13.8. The number of carboxylic acids is 1. The summed E-state index contributed by atoms with van der Waals surface area (Å²) >= 11 is 1.25. The minimum absolute atomic E-state index is 0.0960. The van der Waals surface area contributed by atoms with E-state index in [1.54, 1.807) is 36.6 Å². The molecule has 4 rings (SSSR count). The van der Waals surface area contributed by atoms with Gasteiger partial charge in [-0.25, -0.2) is 28.0 Å². The Morgan fingerprint density at radius 1 is 1.21 bits per heavy atom. The van der Waals surface area contributed by atoms with Gasteiger partial charge in [0.1, 0.15) is 35.9 Å². The third-order valence-corrected chi connectivity index (χ3v) is 8.45. The first-order valence-electron chi connectivity index (χ1n) is 14.1. The van der Waals surface area contributed by atoms with Gasteiger partial charge in [0.05, 0.1) is 28.9 Å². The molecule has 2 aromatic carbocycles. The van der Waals surface area contributed by atoms with E-state index in [0.717, 1.165) is 24.5 Å². The number of rotatable bonds is 15. The fourth-order valence-electron chi connectivity index (χ4n) is 4.46. The van der Waals surface area contributed by atoms with Crippen molar-refractivity contribution in [2.24, 2.45) is 11.5 Å². The van der Waals surface area contributed by atoms with Gasteiger partial charge in [-0.3, -0.25) is 9.32 Å². The predicted octanol–water partition coefficient (Wildman–Crippen LogP) is 3.86. The molecule has 0 saturated carbocycles. The summed E-state index contributed by atoms with van der Waals surface area (Å²) in [5.74, 6) is -3.44. The number of ether oxygens (including phenoxy) is 1. The maximum absolute atomic E-state index is 15.2. The molecule has 0 radical (unpaired) electrons. The van der Waals surface area contributed by atoms with E-state index in [1.807, 2.05) is 0 Å². The zero-order chi connectivity index (χ0) is 34.6. The van der Waals surface area contributed by atoms with Crippen LogP contribution in [0.4, 0.5) is 8.78 Å². The number of carbonyl (C=O) groups is 1. The van der Waals surface area contributed by atoms with Crippen molar-refractivity contribution in [3.63, 3.8) is 0 Å². The molecule has 3 atom stereocenters. The molecule has 7 N–H and O–H groups in total. The zero-order valence-corrected chi connectivity index (χ0v) is 26.9. The highest BCUT2D eigenvalue weighted by atomic mass is 32.1. The van der Waals surface area contributed by atoms with Gasteiger partial charge in [0.15, 0.2) is 6.79 Å². The highest BCUT2D eigenvalue weighted by molar-refractivity contribution is 7.46. The molecular weight excluding hydrogens is 659 g/mol. The SMILES string of the molecule is C[C@@H](c1nc(-c2ccc(C#N)cc2)cs1)[C@@](Cn1cncn1)(OCOP(=O)(O)O)c1ccc(F)cc1F.NCCCC[C@H](N)C(=O)O. The van der Waals surface area contributed by atoms with Crippen LogP contribution in [0.5, 0.6) is 0 Å². The van der Waals surface area contributed by atoms with E-state index in [1.165, 1.54) is 34.7 Å². The molecule has 2 heterocycles. The maximum atomic E-state index is 15.2. The Hall–Kier alpha value is -3.98. The van der Waals surface area contributed by atoms with Gasteiger partial charge in [0.25, 0.3) is 0 Å². The average molecular weight is 694 g/mol. The molecule has 0 aliphatic carbocycles. The summed E-state index contributed by atoms with van der Waals surface area (Å²) < 4.78 is 52.2. The molecule has 0 unspecified atom stereocenters. The Morgan fingerprint density at radius 2 is 1.94 bits per heavy atom. The second-order valence-electron chi connectivity index (χ2n) is 10.2. The largest absolute Gasteiger partial charge is 0.480 e. The number of hydrogen-bond donors (Lipinski definition) is 5. The summed E-state index contributed by atoms with van der Waals surface area (Å²) in [5, 5.41) is 23.7. The predicted molar refractivity (Wildman–Crippen MR) is 166 cm³/mol. The van der Waals surface area contributed by atoms with Crippen molar-refractivity contribution in [1.82, 2.24) is 19.7 Å². The van der Waals surface area contributed by atoms with Crippen LogP contribution in [0.15, 0.2) is 60.5 Å². The number of benzene rings is 2. The lowest BCUT2D eigenvalue weighted by Crippen LogP contribution is -2.41. The zero-order valence-electron chi connectivity index (χ0n) is 25.1. The second kappa shape index (κ2) is 17.3. The van der Waals surface area contributed by atoms with Crippen LogP contribution in [0.25, 0.3) is 11.3 Å². The Morgan fingerprint density at radius 3 is 2.51 bits per heavy atom. The van der Waals surface area contributed by atoms with E-state index in [-0.39, 0.29) is 12.1 Å². The number of phosphoric ester groups is 1. The van der Waals surface area contributed by atoms with Crippen LogP contribution in [-0.2, 0) is 30.8 Å². The van der Waals surface area contributed by atoms with Crippen molar-refractivity contribution in [3.05, 3.63) is 88.3 Å². The number of phosphoric acid groups is 1. The fraction of sp³-hybridized carbons (Fsp3) is 0.345. The number of nitrogens with two attached hydrogens (primary N) is 2. The van der Waals surface area contributed by atoms with Crippen LogP contribution in [-0.4, -0.2) is 60.0 Å². The van der Waals surface area contributed by atoms with E-state index >= 15 is 4.39 Å². The molecule has 0 amide bonds. The number of nitrogens with zero attached hydrogens (tertiary/aromatic N) is 5. The first-order chi connectivity index (χ1) is 22.3. The maximum Gasteiger partial charge on any atom is 0.471 e. The standard InChI is InChI=1S/C23H20F2N5O5PS.C6H14N2O2/c1-15(22-29-21(10-37-22)17-4-2-16(9-26)3-5-17)23(11-30-13-27-12-28-30,34-14-35-36(31,32)33)19-7-6-18(24)8-20(19)25;7-4-2-1-3-5(8)6(9)10/h2-8,10,12-13,15H,11,14H2,1H3,(H2,31,32,33);5H,1-4,7-8H2,(H,9,10)/t15-,23+;5-/m00/s1. The van der Waals surface area contributed by atoms with Crippen molar-refractivity contribution in [2.75, 3.05) is 13.3 Å². The first kappa shape index (κ1) is 37.5. The molecule has 47 heavy (non-hydrogen) atoms. The molecular formula is C29H34F2N7O7PS. The highest BCUT2D eigenvalue weighted by Gasteiger charge is 2.45. The summed E-state index contributed by atoms with van der Waals surface area (Å²) in [6.45, 7) is 1.21. The van der Waals surface area contributed by atoms with Crippen LogP contribution in [0.1, 0.15) is 48.2 Å². The lowest BCUT2D eigenvalue weighted by Gasteiger charge is -2.38. The number of halogens is 2. The van der Waals surface area contributed by atoms with Crippen molar-refractivity contribution in [3.8, 4) is 17.3 Å². The molecule has 2 aromatic heterocycles. The number of thiazole rings is 1. The Balaban J connectivity index is 0.000000520. The molecule has 14 nitrogen and oxygen atoms in total. The third kappa shape index (κ3) is 10.8. The minimum Gasteiger partial charge on any atom is -0.480 e. The van der Waals surface area contributed by atoms with Gasteiger partial charge in [0.2, 0.25) is 0 Å². The van der Waals surface area contributed by atoms with Crippen LogP contribution in [0.2, 0.25) is 0 Å². The van der Waals surface area contributed by atoms with Crippen LogP contribution >= 0.6 is 19.2 Å². The third-order valence-electron chi connectivity index (χ3n) is 6.98. The molecule has 18 heteroatoms. The van der Waals surface area contributed by atoms with Crippen molar-refractivity contribution < 1.29 is 42.3 Å². The molecule has 4 aromatic rings. The van der Waals surface area contributed by atoms with Gasteiger partial charge >= 0.3 is 13.8 Å². The van der Waals surface area contributed by atoms with Gasteiger partial charge in [-0.2, -0.15) is 10.4 Å². The molecule has 0 bridgehead atoms. The summed E-state index contributed by atoms with van der Waals surface area (Å²) in [6.07, 6.45) is 4.78. The lowest BCUT2D eigenvalue weighted by atomic mass is 9.81. The highest BCUT2D eigenvalue weighted by Crippen LogP contribution is 2.46. The van der Waals surface area contributed by atoms with E-state index in [4.69, 9.17) is 26.6 Å². The summed E-state index contributed by atoms with van der Waals surface area (Å²) in [5.41, 5.74) is 10.4. The molecule has 0 fully saturated rings. The minimum atomic E-state index is -4.93. The molecule has 0 spiro atoms. The van der Waals surface area contributed by atoms with Crippen LogP contribution in [0.3, 0.4) is 0 Å². The summed E-state index contributed by atoms with van der Waals surface area (Å²) in [6, 6.07) is 11.1. The van der Waals surface area contributed by atoms with Crippen molar-refractivity contribution in [1.29, 1.82) is 5.26 Å². The summed E-state index contributed by atoms with van der Waals surface area (Å²) in [7, 11) is -4.93. The number of unbranched alkanes of at least 4 members (excludes halogenated alkanes) is 1. The second-order valence-corrected chi connectivity index (χ2v) is 12.3. The average Bonchev–Trinajstić information content (AvgIpc) is 3.73. The van der Waals surface area contributed by atoms with Crippen molar-refractivity contribution >= 4 is 25.1 Å². The number of hydrogen-bond acceptors (Lipinski definition) is 11. The quantitative estimate of drug-likeness (QED) is 0.0677. The van der Waals surface area contributed by atoms with Gasteiger partial charge in [-0.05, 0) is 37.6 Å². The Bertz CT molecular complexity index is 1680. The van der Waals surface area contributed by atoms with Gasteiger partial charge in [0, 0.05) is 28.5 Å². The van der Waals surface area contributed by atoms with E-state index in [0.29, 0.717) is 35.3 Å². The molecule has 252 valence electrons. The Labute approximate surface area is 272 Å². The van der Waals surface area contributed by atoms with E-state index in [2.05, 4.69) is 25.7 Å². The number of nitriles is 1. The number of aliphatic carboxylic acids is 1. The molecule has 0 aliphatic heterocycles. The monoisotopic (exact) mass is 693 g/mol. The summed E-state index contributed by atoms with van der Waals surface area (Å²) in [4.78, 5) is 37.1. The molecule has 0 saturated heterocycles. The van der Waals surface area contributed by atoms with Gasteiger partial charge < -0.3 is 31.1 Å². The smallest absolute Gasteiger partial charge is 0.471 e. The molecule has 0 aliphatic rings. The number of aromatic nitrogens is 4. The fourth-order valence-corrected chi connectivity index (χ4v) is 5.61. The normalized spacial score (nSPS) is 13.9. The van der Waals surface area contributed by atoms with E-state index < -0.39 is 49.8 Å².